The van der Waals surface area contributed by atoms with Gasteiger partial charge >= 0.3 is 11.9 Å². The van der Waals surface area contributed by atoms with E-state index >= 15 is 0 Å². The van der Waals surface area contributed by atoms with E-state index in [2.05, 4.69) is 0 Å². The normalized spacial score (nSPS) is 13.3. The molecule has 0 aromatic rings. The van der Waals surface area contributed by atoms with E-state index in [9.17, 15) is 14.4 Å². The molecule has 2 N–H and O–H groups in total. The first kappa shape index (κ1) is 12.6. The first-order valence-corrected chi connectivity index (χ1v) is 4.37. The second kappa shape index (κ2) is 4.74. The summed E-state index contributed by atoms with van der Waals surface area (Å²) >= 11 is 0. The van der Waals surface area contributed by atoms with Crippen LogP contribution in [-0.4, -0.2) is 28.4 Å². The predicted octanol–water partition coefficient (Wildman–Crippen LogP) is 0.777. The Balaban J connectivity index is 5.24. The summed E-state index contributed by atoms with van der Waals surface area (Å²) in [6.07, 6.45) is 0.437. The van der Waals surface area contributed by atoms with Crippen molar-refractivity contribution >= 4 is 18.2 Å². The molecule has 0 saturated heterocycles. The molecule has 0 rings (SSSR count). The molecule has 0 bridgehead atoms. The molecule has 5 heteroatoms. The number of rotatable bonds is 6. The highest BCUT2D eigenvalue weighted by Gasteiger charge is 2.46. The van der Waals surface area contributed by atoms with Gasteiger partial charge in [-0.3, -0.25) is 9.59 Å². The summed E-state index contributed by atoms with van der Waals surface area (Å²) in [5.41, 5.74) is -1.48. The van der Waals surface area contributed by atoms with Crippen molar-refractivity contribution in [2.45, 2.75) is 26.7 Å². The maximum atomic E-state index is 11.0. The van der Waals surface area contributed by atoms with Crippen molar-refractivity contribution in [2.75, 3.05) is 0 Å². The first-order chi connectivity index (χ1) is 6.46. The molecule has 0 aliphatic rings. The van der Waals surface area contributed by atoms with E-state index in [1.54, 1.807) is 13.8 Å². The van der Waals surface area contributed by atoms with Crippen molar-refractivity contribution in [2.24, 2.45) is 11.3 Å². The van der Waals surface area contributed by atoms with Crippen molar-refractivity contribution in [3.8, 4) is 0 Å². The van der Waals surface area contributed by atoms with Gasteiger partial charge in [0, 0.05) is 0 Å². The zero-order valence-corrected chi connectivity index (χ0v) is 8.19. The monoisotopic (exact) mass is 202 g/mol. The van der Waals surface area contributed by atoms with Crippen LogP contribution in [0.15, 0.2) is 0 Å². The second-order valence-corrected chi connectivity index (χ2v) is 3.12. The lowest BCUT2D eigenvalue weighted by molar-refractivity contribution is -0.164. The van der Waals surface area contributed by atoms with Crippen LogP contribution in [-0.2, 0) is 14.4 Å². The number of hydrogen-bond donors (Lipinski definition) is 2. The summed E-state index contributed by atoms with van der Waals surface area (Å²) in [6, 6.07) is 0. The molecule has 0 aliphatic heterocycles. The van der Waals surface area contributed by atoms with Crippen LogP contribution in [0.2, 0.25) is 0 Å². The van der Waals surface area contributed by atoms with Gasteiger partial charge in [0.25, 0.3) is 0 Å². The molecule has 0 spiro atoms. The van der Waals surface area contributed by atoms with E-state index in [1.807, 2.05) is 0 Å². The van der Waals surface area contributed by atoms with E-state index in [0.29, 0.717) is 0 Å². The Bertz CT molecular complexity index is 242. The van der Waals surface area contributed by atoms with Gasteiger partial charge < -0.3 is 15.0 Å². The Kier molecular flexibility index (Phi) is 4.27. The lowest BCUT2D eigenvalue weighted by Gasteiger charge is -2.29. The van der Waals surface area contributed by atoms with Crippen molar-refractivity contribution in [3.63, 3.8) is 0 Å². The number of hydrogen-bond acceptors (Lipinski definition) is 3. The zero-order valence-electron chi connectivity index (χ0n) is 8.19. The van der Waals surface area contributed by atoms with Crippen LogP contribution in [0.1, 0.15) is 26.7 Å². The Morgan fingerprint density at radius 1 is 1.29 bits per heavy atom. The minimum atomic E-state index is -1.48. The number of carboxylic acid groups (broad SMARTS) is 2. The summed E-state index contributed by atoms with van der Waals surface area (Å²) < 4.78 is 0. The molecule has 0 saturated carbocycles. The fourth-order valence-electron chi connectivity index (χ4n) is 1.55. The smallest absolute Gasteiger partial charge is 0.314 e. The Hall–Kier alpha value is -1.39. The molecule has 0 fully saturated rings. The van der Waals surface area contributed by atoms with Crippen molar-refractivity contribution in [1.82, 2.24) is 0 Å². The van der Waals surface area contributed by atoms with Crippen molar-refractivity contribution in [3.05, 3.63) is 0 Å². The lowest BCUT2D eigenvalue weighted by atomic mass is 9.72. The van der Waals surface area contributed by atoms with E-state index in [0.717, 1.165) is 0 Å². The zero-order chi connectivity index (χ0) is 11.4. The molecule has 14 heavy (non-hydrogen) atoms. The Morgan fingerprint density at radius 2 is 1.71 bits per heavy atom. The van der Waals surface area contributed by atoms with Gasteiger partial charge in [-0.1, -0.05) is 13.8 Å². The third kappa shape index (κ3) is 1.92. The van der Waals surface area contributed by atoms with Gasteiger partial charge in [0.05, 0.1) is 5.41 Å². The molecule has 1 atom stereocenters. The first-order valence-electron chi connectivity index (χ1n) is 4.37. The number of carboxylic acids is 2. The predicted molar refractivity (Wildman–Crippen MR) is 47.8 cm³/mol. The molecule has 1 unspecified atom stereocenters. The highest BCUT2D eigenvalue weighted by Crippen LogP contribution is 2.34. The van der Waals surface area contributed by atoms with Gasteiger partial charge in [-0.15, -0.1) is 0 Å². The van der Waals surface area contributed by atoms with Crippen LogP contribution in [0.25, 0.3) is 0 Å². The van der Waals surface area contributed by atoms with Crippen LogP contribution >= 0.6 is 0 Å². The van der Waals surface area contributed by atoms with Crippen LogP contribution < -0.4 is 0 Å². The van der Waals surface area contributed by atoms with E-state index in [1.165, 1.54) is 0 Å². The molecule has 0 amide bonds. The van der Waals surface area contributed by atoms with Gasteiger partial charge in [-0.2, -0.15) is 0 Å². The molecule has 0 radical (unpaired) electrons. The van der Waals surface area contributed by atoms with E-state index in [-0.39, 0.29) is 19.1 Å². The van der Waals surface area contributed by atoms with Crippen LogP contribution in [0.4, 0.5) is 0 Å². The van der Waals surface area contributed by atoms with Gasteiger partial charge in [0.1, 0.15) is 12.2 Å². The number of aliphatic carboxylic acids is 2. The minimum Gasteiger partial charge on any atom is -0.481 e. The molecule has 0 aromatic heterocycles. The molecule has 80 valence electrons. The quantitative estimate of drug-likeness (QED) is 0.490. The topological polar surface area (TPSA) is 91.7 Å². The Morgan fingerprint density at radius 3 is 1.79 bits per heavy atom. The summed E-state index contributed by atoms with van der Waals surface area (Å²) in [7, 11) is 0. The van der Waals surface area contributed by atoms with Gasteiger partial charge in [-0.05, 0) is 12.8 Å². The molecule has 0 heterocycles. The van der Waals surface area contributed by atoms with Crippen molar-refractivity contribution in [1.29, 1.82) is 0 Å². The third-order valence-corrected chi connectivity index (χ3v) is 2.69. The van der Waals surface area contributed by atoms with Gasteiger partial charge in [-0.25, -0.2) is 0 Å². The average molecular weight is 202 g/mol. The Labute approximate surface area is 81.7 Å². The fraction of sp³-hybridized carbons (Fsp3) is 0.667. The molecule has 5 nitrogen and oxygen atoms in total. The molecular formula is C9H14O5. The maximum absolute atomic E-state index is 11.0. The number of aldehydes is 1. The summed E-state index contributed by atoms with van der Waals surface area (Å²) in [4.78, 5) is 32.2. The fourth-order valence-corrected chi connectivity index (χ4v) is 1.55. The second-order valence-electron chi connectivity index (χ2n) is 3.12. The van der Waals surface area contributed by atoms with E-state index in [4.69, 9.17) is 10.2 Å². The number of carbonyl (C=O) groups is 3. The largest absolute Gasteiger partial charge is 0.481 e. The third-order valence-electron chi connectivity index (χ3n) is 2.69. The van der Waals surface area contributed by atoms with Crippen LogP contribution in [0.3, 0.4) is 0 Å². The van der Waals surface area contributed by atoms with E-state index < -0.39 is 23.3 Å². The minimum absolute atomic E-state index is 0.120. The SMILES string of the molecule is CCC(CC)(C(=O)O)C(C=O)C(=O)O. The molecular weight excluding hydrogens is 188 g/mol. The summed E-state index contributed by atoms with van der Waals surface area (Å²) in [5.74, 6) is -4.09. The van der Waals surface area contributed by atoms with Crippen LogP contribution in [0.5, 0.6) is 0 Å². The van der Waals surface area contributed by atoms with Crippen molar-refractivity contribution < 1.29 is 24.6 Å². The highest BCUT2D eigenvalue weighted by atomic mass is 16.4. The van der Waals surface area contributed by atoms with Gasteiger partial charge in [0.2, 0.25) is 0 Å². The lowest BCUT2D eigenvalue weighted by Crippen LogP contribution is -2.42. The maximum Gasteiger partial charge on any atom is 0.314 e. The average Bonchev–Trinajstić information content (AvgIpc) is 2.12. The molecule has 0 aromatic carbocycles. The van der Waals surface area contributed by atoms with Gasteiger partial charge in [0.15, 0.2) is 0 Å². The molecule has 0 aliphatic carbocycles. The summed E-state index contributed by atoms with van der Waals surface area (Å²) in [5, 5.41) is 17.7. The number of carbonyl (C=O) groups excluding carboxylic acids is 1. The highest BCUT2D eigenvalue weighted by molar-refractivity contribution is 5.94. The van der Waals surface area contributed by atoms with Crippen LogP contribution in [0, 0.1) is 11.3 Å². The summed E-state index contributed by atoms with van der Waals surface area (Å²) in [6.45, 7) is 3.13. The standard InChI is InChI=1S/C9H14O5/c1-3-9(4-2,8(13)14)6(5-10)7(11)12/h5-6H,3-4H2,1-2H3,(H,11,12)(H,13,14).